The standard InChI is InChI=1S/C17H23N3O3S/c1-12-6-8-15(9-7-12)20-14(3)17(13(2)19-20)24(21,22)18-11-16-5-4-10-23-16/h6-9,16,18H,4-5,10-11H2,1-3H3/t16-/m1/s1. The number of nitrogens with one attached hydrogen (secondary N) is 1. The van der Waals surface area contributed by atoms with Gasteiger partial charge in [0.25, 0.3) is 0 Å². The maximum absolute atomic E-state index is 12.7. The number of hydrogen-bond acceptors (Lipinski definition) is 4. The van der Waals surface area contributed by atoms with Crippen LogP contribution in [0.3, 0.4) is 0 Å². The monoisotopic (exact) mass is 349 g/mol. The molecule has 0 radical (unpaired) electrons. The van der Waals surface area contributed by atoms with Gasteiger partial charge in [-0.25, -0.2) is 17.8 Å². The van der Waals surface area contributed by atoms with Crippen molar-refractivity contribution in [3.05, 3.63) is 41.2 Å². The smallest absolute Gasteiger partial charge is 0.244 e. The number of hydrogen-bond donors (Lipinski definition) is 1. The first kappa shape index (κ1) is 17.1. The van der Waals surface area contributed by atoms with E-state index in [1.165, 1.54) is 0 Å². The molecule has 6 nitrogen and oxygen atoms in total. The highest BCUT2D eigenvalue weighted by molar-refractivity contribution is 7.89. The normalized spacial score (nSPS) is 18.2. The van der Waals surface area contributed by atoms with Gasteiger partial charge in [-0.15, -0.1) is 0 Å². The topological polar surface area (TPSA) is 73.2 Å². The van der Waals surface area contributed by atoms with Gasteiger partial charge in [0.1, 0.15) is 4.90 Å². The Morgan fingerprint density at radius 1 is 1.25 bits per heavy atom. The van der Waals surface area contributed by atoms with Gasteiger partial charge in [-0.2, -0.15) is 5.10 Å². The van der Waals surface area contributed by atoms with Gasteiger partial charge < -0.3 is 4.74 Å². The van der Waals surface area contributed by atoms with Crippen LogP contribution in [0.25, 0.3) is 5.69 Å². The summed E-state index contributed by atoms with van der Waals surface area (Å²) in [5.74, 6) is 0. The van der Waals surface area contributed by atoms with E-state index in [2.05, 4.69) is 9.82 Å². The number of rotatable bonds is 5. The first-order valence-corrected chi connectivity index (χ1v) is 9.61. The van der Waals surface area contributed by atoms with Crippen molar-refractivity contribution < 1.29 is 13.2 Å². The van der Waals surface area contributed by atoms with Gasteiger partial charge in [0.2, 0.25) is 10.0 Å². The van der Waals surface area contributed by atoms with Gasteiger partial charge in [0.05, 0.1) is 23.2 Å². The van der Waals surface area contributed by atoms with Crippen molar-refractivity contribution in [2.24, 2.45) is 0 Å². The minimum atomic E-state index is -3.62. The summed E-state index contributed by atoms with van der Waals surface area (Å²) in [5.41, 5.74) is 3.09. The molecular weight excluding hydrogens is 326 g/mol. The molecule has 1 aliphatic rings. The van der Waals surface area contributed by atoms with Gasteiger partial charge in [-0.05, 0) is 45.7 Å². The molecule has 1 N–H and O–H groups in total. The van der Waals surface area contributed by atoms with E-state index >= 15 is 0 Å². The van der Waals surface area contributed by atoms with Crippen LogP contribution in [0.5, 0.6) is 0 Å². The molecule has 2 heterocycles. The lowest BCUT2D eigenvalue weighted by Crippen LogP contribution is -2.32. The zero-order chi connectivity index (χ0) is 17.3. The highest BCUT2D eigenvalue weighted by Gasteiger charge is 2.26. The van der Waals surface area contributed by atoms with Crippen molar-refractivity contribution in [2.45, 2.75) is 44.6 Å². The minimum absolute atomic E-state index is 0.0347. The molecule has 1 atom stereocenters. The highest BCUT2D eigenvalue weighted by atomic mass is 32.2. The lowest BCUT2D eigenvalue weighted by atomic mass is 10.2. The van der Waals surface area contributed by atoms with Crippen LogP contribution in [0.4, 0.5) is 0 Å². The number of aryl methyl sites for hydroxylation is 2. The molecule has 1 saturated heterocycles. The van der Waals surface area contributed by atoms with Gasteiger partial charge in [-0.3, -0.25) is 0 Å². The van der Waals surface area contributed by atoms with E-state index in [9.17, 15) is 8.42 Å². The minimum Gasteiger partial charge on any atom is -0.377 e. The van der Waals surface area contributed by atoms with Crippen molar-refractivity contribution >= 4 is 10.0 Å². The Balaban J connectivity index is 1.88. The fourth-order valence-corrected chi connectivity index (χ4v) is 4.49. The zero-order valence-electron chi connectivity index (χ0n) is 14.2. The maximum Gasteiger partial charge on any atom is 0.244 e. The molecule has 3 rings (SSSR count). The van der Waals surface area contributed by atoms with E-state index in [1.807, 2.05) is 31.2 Å². The Morgan fingerprint density at radius 3 is 2.58 bits per heavy atom. The fraction of sp³-hybridized carbons (Fsp3) is 0.471. The third-order valence-electron chi connectivity index (χ3n) is 4.30. The Bertz CT molecular complexity index is 820. The number of benzene rings is 1. The summed E-state index contributed by atoms with van der Waals surface area (Å²) in [7, 11) is -3.62. The summed E-state index contributed by atoms with van der Waals surface area (Å²) < 4.78 is 35.2. The van der Waals surface area contributed by atoms with Crippen LogP contribution in [-0.2, 0) is 14.8 Å². The molecule has 1 aromatic carbocycles. The second-order valence-electron chi connectivity index (χ2n) is 6.23. The van der Waals surface area contributed by atoms with Crippen molar-refractivity contribution in [1.82, 2.24) is 14.5 Å². The zero-order valence-corrected chi connectivity index (χ0v) is 15.1. The Hall–Kier alpha value is -1.70. The van der Waals surface area contributed by atoms with Crippen molar-refractivity contribution in [1.29, 1.82) is 0 Å². The third kappa shape index (κ3) is 3.38. The van der Waals surface area contributed by atoms with Crippen LogP contribution in [0.2, 0.25) is 0 Å². The number of nitrogens with zero attached hydrogens (tertiary/aromatic N) is 2. The van der Waals surface area contributed by atoms with E-state index in [1.54, 1.807) is 18.5 Å². The van der Waals surface area contributed by atoms with Gasteiger partial charge in [-0.1, -0.05) is 17.7 Å². The quantitative estimate of drug-likeness (QED) is 0.898. The molecule has 1 aliphatic heterocycles. The van der Waals surface area contributed by atoms with Crippen molar-refractivity contribution in [3.8, 4) is 5.69 Å². The van der Waals surface area contributed by atoms with E-state index < -0.39 is 10.0 Å². The van der Waals surface area contributed by atoms with Crippen molar-refractivity contribution in [2.75, 3.05) is 13.2 Å². The molecule has 130 valence electrons. The lowest BCUT2D eigenvalue weighted by molar-refractivity contribution is 0.114. The second kappa shape index (κ2) is 6.66. The summed E-state index contributed by atoms with van der Waals surface area (Å²) in [6, 6.07) is 7.83. The average Bonchev–Trinajstić information content (AvgIpc) is 3.14. The molecule has 0 unspecified atom stereocenters. The summed E-state index contributed by atoms with van der Waals surface area (Å²) >= 11 is 0. The van der Waals surface area contributed by atoms with Crippen LogP contribution in [0, 0.1) is 20.8 Å². The highest BCUT2D eigenvalue weighted by Crippen LogP contribution is 2.23. The van der Waals surface area contributed by atoms with E-state index in [0.29, 0.717) is 24.5 Å². The Morgan fingerprint density at radius 2 is 1.96 bits per heavy atom. The van der Waals surface area contributed by atoms with Crippen LogP contribution >= 0.6 is 0 Å². The number of aromatic nitrogens is 2. The molecular formula is C17H23N3O3S. The first-order chi connectivity index (χ1) is 11.4. The molecule has 1 aromatic heterocycles. The van der Waals surface area contributed by atoms with Crippen LogP contribution in [-0.4, -0.2) is 37.5 Å². The SMILES string of the molecule is Cc1ccc(-n2nc(C)c(S(=O)(=O)NC[C@H]3CCCO3)c2C)cc1. The molecule has 1 fully saturated rings. The first-order valence-electron chi connectivity index (χ1n) is 8.13. The van der Waals surface area contributed by atoms with Crippen LogP contribution in [0.1, 0.15) is 29.8 Å². The number of sulfonamides is 1. The van der Waals surface area contributed by atoms with Gasteiger partial charge in [0, 0.05) is 13.2 Å². The summed E-state index contributed by atoms with van der Waals surface area (Å²) in [4.78, 5) is 0.251. The lowest BCUT2D eigenvalue weighted by Gasteiger charge is -2.12. The van der Waals surface area contributed by atoms with E-state index in [-0.39, 0.29) is 11.0 Å². The predicted octanol–water partition coefficient (Wildman–Crippen LogP) is 2.25. The largest absolute Gasteiger partial charge is 0.377 e. The van der Waals surface area contributed by atoms with Gasteiger partial charge in [0.15, 0.2) is 0 Å². The molecule has 0 spiro atoms. The molecule has 7 heteroatoms. The van der Waals surface area contributed by atoms with E-state index in [4.69, 9.17) is 4.74 Å². The number of ether oxygens (including phenoxy) is 1. The second-order valence-corrected chi connectivity index (χ2v) is 7.94. The molecule has 24 heavy (non-hydrogen) atoms. The fourth-order valence-electron chi connectivity index (χ4n) is 3.03. The molecule has 2 aromatic rings. The Kier molecular flexibility index (Phi) is 4.76. The van der Waals surface area contributed by atoms with E-state index in [0.717, 1.165) is 24.1 Å². The van der Waals surface area contributed by atoms with Gasteiger partial charge >= 0.3 is 0 Å². The van der Waals surface area contributed by atoms with Crippen LogP contribution < -0.4 is 4.72 Å². The summed E-state index contributed by atoms with van der Waals surface area (Å²) in [6.07, 6.45) is 1.84. The van der Waals surface area contributed by atoms with Crippen LogP contribution in [0.15, 0.2) is 29.2 Å². The van der Waals surface area contributed by atoms with Crippen molar-refractivity contribution in [3.63, 3.8) is 0 Å². The predicted molar refractivity (Wildman–Crippen MR) is 91.9 cm³/mol. The molecule has 0 saturated carbocycles. The third-order valence-corrected chi connectivity index (χ3v) is 5.97. The molecule has 0 bridgehead atoms. The maximum atomic E-state index is 12.7. The molecule has 0 amide bonds. The molecule has 0 aliphatic carbocycles. The summed E-state index contributed by atoms with van der Waals surface area (Å²) in [6.45, 7) is 6.52. The Labute approximate surface area is 142 Å². The summed E-state index contributed by atoms with van der Waals surface area (Å²) in [5, 5.41) is 4.42. The average molecular weight is 349 g/mol.